The quantitative estimate of drug-likeness (QED) is 0.717. The molecule has 1 rings (SSSR count). The smallest absolute Gasteiger partial charge is 0.481 e. The highest BCUT2D eigenvalue weighted by Crippen LogP contribution is 2.39. The molecule has 0 radical (unpaired) electrons. The summed E-state index contributed by atoms with van der Waals surface area (Å²) in [5, 5.41) is 8.32. The molecule has 1 saturated carbocycles. The summed E-state index contributed by atoms with van der Waals surface area (Å²) in [5.74, 6) is -2.16. The highest BCUT2D eigenvalue weighted by atomic mass is 19.4. The largest absolute Gasteiger partial charge is 0.522 e. The molecule has 0 aliphatic heterocycles. The van der Waals surface area contributed by atoms with Gasteiger partial charge >= 0.3 is 12.3 Å². The second kappa shape index (κ2) is 2.93. The van der Waals surface area contributed by atoms with Crippen LogP contribution >= 0.6 is 0 Å². The van der Waals surface area contributed by atoms with Crippen molar-refractivity contribution in [2.45, 2.75) is 12.8 Å². The Kier molecular flexibility index (Phi) is 2.27. The van der Waals surface area contributed by atoms with Gasteiger partial charge in [0.2, 0.25) is 0 Å². The van der Waals surface area contributed by atoms with Gasteiger partial charge < -0.3 is 5.11 Å². The van der Waals surface area contributed by atoms with Crippen molar-refractivity contribution in [2.24, 2.45) is 11.8 Å². The minimum Gasteiger partial charge on any atom is -0.481 e. The predicted molar refractivity (Wildman–Crippen MR) is 31.2 cm³/mol. The minimum absolute atomic E-state index is 0.283. The van der Waals surface area contributed by atoms with E-state index >= 15 is 0 Å². The van der Waals surface area contributed by atoms with Gasteiger partial charge in [-0.15, -0.1) is 13.2 Å². The number of carboxylic acid groups (broad SMARTS) is 1. The van der Waals surface area contributed by atoms with E-state index in [0.29, 0.717) is 0 Å². The van der Waals surface area contributed by atoms with Crippen LogP contribution in [0, 0.1) is 11.8 Å². The van der Waals surface area contributed by atoms with Crippen LogP contribution in [0.2, 0.25) is 0 Å². The molecule has 1 N–H and O–H groups in total. The summed E-state index contributed by atoms with van der Waals surface area (Å²) in [5.41, 5.74) is 0. The first kappa shape index (κ1) is 9.31. The van der Waals surface area contributed by atoms with Crippen LogP contribution in [0.25, 0.3) is 0 Å². The number of rotatable bonds is 3. The monoisotopic (exact) mass is 184 g/mol. The molecule has 0 unspecified atom stereocenters. The number of hydrogen-bond acceptors (Lipinski definition) is 2. The lowest BCUT2D eigenvalue weighted by Gasteiger charge is -2.05. The van der Waals surface area contributed by atoms with Gasteiger partial charge in [0.05, 0.1) is 12.5 Å². The number of halogens is 3. The fraction of sp³-hybridized carbons (Fsp3) is 0.833. The lowest BCUT2D eigenvalue weighted by molar-refractivity contribution is -0.326. The van der Waals surface area contributed by atoms with Crippen molar-refractivity contribution in [2.75, 3.05) is 6.61 Å². The maximum atomic E-state index is 11.4. The molecule has 0 aromatic rings. The number of carbonyl (C=O) groups is 1. The average molecular weight is 184 g/mol. The molecule has 1 fully saturated rings. The molecule has 1 aliphatic carbocycles. The van der Waals surface area contributed by atoms with Crippen LogP contribution < -0.4 is 0 Å². The molecule has 6 heteroatoms. The zero-order valence-electron chi connectivity index (χ0n) is 5.97. The van der Waals surface area contributed by atoms with Gasteiger partial charge in [0.25, 0.3) is 0 Å². The summed E-state index contributed by atoms with van der Waals surface area (Å²) in [4.78, 5) is 10.2. The summed E-state index contributed by atoms with van der Waals surface area (Å²) >= 11 is 0. The lowest BCUT2D eigenvalue weighted by Crippen LogP contribution is -2.16. The second-order valence-corrected chi connectivity index (χ2v) is 2.70. The van der Waals surface area contributed by atoms with Crippen LogP contribution in [0.15, 0.2) is 0 Å². The van der Waals surface area contributed by atoms with Crippen molar-refractivity contribution in [1.82, 2.24) is 0 Å². The molecular formula is C6H7F3O3. The van der Waals surface area contributed by atoms with Crippen molar-refractivity contribution in [1.29, 1.82) is 0 Å². The molecule has 12 heavy (non-hydrogen) atoms. The van der Waals surface area contributed by atoms with Gasteiger partial charge in [-0.2, -0.15) is 0 Å². The molecule has 2 atom stereocenters. The van der Waals surface area contributed by atoms with E-state index in [1.54, 1.807) is 0 Å². The highest BCUT2D eigenvalue weighted by Gasteiger charge is 2.45. The van der Waals surface area contributed by atoms with E-state index in [0.717, 1.165) is 0 Å². The second-order valence-electron chi connectivity index (χ2n) is 2.70. The Hall–Kier alpha value is -0.780. The van der Waals surface area contributed by atoms with E-state index in [1.807, 2.05) is 0 Å². The van der Waals surface area contributed by atoms with Crippen molar-refractivity contribution < 1.29 is 27.8 Å². The third kappa shape index (κ3) is 2.69. The molecule has 70 valence electrons. The third-order valence-electron chi connectivity index (χ3n) is 1.70. The molecule has 1 aliphatic rings. The fourth-order valence-corrected chi connectivity index (χ4v) is 0.936. The zero-order valence-corrected chi connectivity index (χ0v) is 5.97. The number of ether oxygens (including phenoxy) is 1. The van der Waals surface area contributed by atoms with E-state index < -0.39 is 30.8 Å². The highest BCUT2D eigenvalue weighted by molar-refractivity contribution is 5.73. The average Bonchev–Trinajstić information content (AvgIpc) is 2.59. The zero-order chi connectivity index (χ0) is 9.35. The van der Waals surface area contributed by atoms with Gasteiger partial charge in [0.1, 0.15) is 0 Å². The Balaban J connectivity index is 2.16. The van der Waals surface area contributed by atoms with Gasteiger partial charge in [-0.05, 0) is 12.3 Å². The minimum atomic E-state index is -4.65. The van der Waals surface area contributed by atoms with Crippen LogP contribution in [0.5, 0.6) is 0 Å². The molecule has 3 nitrogen and oxygen atoms in total. The Labute approximate surface area is 66.1 Å². The predicted octanol–water partition coefficient (Wildman–Crippen LogP) is 1.24. The Morgan fingerprint density at radius 3 is 2.50 bits per heavy atom. The maximum absolute atomic E-state index is 11.4. The Morgan fingerprint density at radius 1 is 1.58 bits per heavy atom. The van der Waals surface area contributed by atoms with Crippen LogP contribution in [0.3, 0.4) is 0 Å². The van der Waals surface area contributed by atoms with E-state index in [9.17, 15) is 18.0 Å². The molecule has 0 heterocycles. The first-order valence-corrected chi connectivity index (χ1v) is 3.33. The summed E-state index contributed by atoms with van der Waals surface area (Å²) in [6.45, 7) is -0.541. The Morgan fingerprint density at radius 2 is 2.17 bits per heavy atom. The SMILES string of the molecule is O=C(O)[C@@H]1C[C@@H]1COC(F)(F)F. The number of alkyl halides is 3. The fourth-order valence-electron chi connectivity index (χ4n) is 0.936. The van der Waals surface area contributed by atoms with Crippen LogP contribution in [-0.4, -0.2) is 24.0 Å². The van der Waals surface area contributed by atoms with Gasteiger partial charge in [-0.1, -0.05) is 0 Å². The van der Waals surface area contributed by atoms with Crippen molar-refractivity contribution in [3.05, 3.63) is 0 Å². The molecule has 0 amide bonds. The molecule has 0 aromatic carbocycles. The topological polar surface area (TPSA) is 46.5 Å². The molecule has 0 bridgehead atoms. The number of aliphatic carboxylic acids is 1. The van der Waals surface area contributed by atoms with Gasteiger partial charge in [-0.3, -0.25) is 9.53 Å². The van der Waals surface area contributed by atoms with Gasteiger partial charge in [0, 0.05) is 0 Å². The summed E-state index contributed by atoms with van der Waals surface area (Å²) in [6.07, 6.45) is -4.36. The molecule has 0 aromatic heterocycles. The Bertz CT molecular complexity index is 189. The van der Waals surface area contributed by atoms with Gasteiger partial charge in [-0.25, -0.2) is 0 Å². The summed E-state index contributed by atoms with van der Waals surface area (Å²) in [6, 6.07) is 0. The number of carboxylic acids is 1. The van der Waals surface area contributed by atoms with Gasteiger partial charge in [0.15, 0.2) is 0 Å². The van der Waals surface area contributed by atoms with Crippen molar-refractivity contribution in [3.63, 3.8) is 0 Å². The van der Waals surface area contributed by atoms with Crippen molar-refractivity contribution >= 4 is 5.97 Å². The standard InChI is InChI=1S/C6H7F3O3/c7-6(8,9)12-2-3-1-4(3)5(10)11/h3-4H,1-2H2,(H,10,11)/t3-,4-/m1/s1. The first-order valence-electron chi connectivity index (χ1n) is 3.33. The number of hydrogen-bond donors (Lipinski definition) is 1. The molecular weight excluding hydrogens is 177 g/mol. The van der Waals surface area contributed by atoms with Crippen LogP contribution in [0.4, 0.5) is 13.2 Å². The van der Waals surface area contributed by atoms with Crippen molar-refractivity contribution in [3.8, 4) is 0 Å². The van der Waals surface area contributed by atoms with E-state index in [-0.39, 0.29) is 6.42 Å². The summed E-state index contributed by atoms with van der Waals surface area (Å²) in [7, 11) is 0. The molecule has 0 spiro atoms. The van der Waals surface area contributed by atoms with E-state index in [4.69, 9.17) is 5.11 Å². The normalized spacial score (nSPS) is 28.6. The van der Waals surface area contributed by atoms with Crippen LogP contribution in [-0.2, 0) is 9.53 Å². The van der Waals surface area contributed by atoms with E-state index in [2.05, 4.69) is 4.74 Å². The maximum Gasteiger partial charge on any atom is 0.522 e. The lowest BCUT2D eigenvalue weighted by atomic mass is 10.3. The summed E-state index contributed by atoms with van der Waals surface area (Å²) < 4.78 is 37.7. The molecule has 0 saturated heterocycles. The van der Waals surface area contributed by atoms with Crippen LogP contribution in [0.1, 0.15) is 6.42 Å². The first-order chi connectivity index (χ1) is 5.40. The van der Waals surface area contributed by atoms with E-state index in [1.165, 1.54) is 0 Å². The third-order valence-corrected chi connectivity index (χ3v) is 1.70.